The van der Waals surface area contributed by atoms with E-state index >= 15 is 0 Å². The smallest absolute Gasteiger partial charge is 0.234 e. The van der Waals surface area contributed by atoms with Crippen molar-refractivity contribution < 1.29 is 13.2 Å². The predicted octanol–water partition coefficient (Wildman–Crippen LogP) is 5.41. The van der Waals surface area contributed by atoms with Gasteiger partial charge in [-0.2, -0.15) is 0 Å². The van der Waals surface area contributed by atoms with E-state index in [1.165, 1.54) is 53.8 Å². The van der Waals surface area contributed by atoms with Gasteiger partial charge in [-0.1, -0.05) is 53.7 Å². The number of nitrogens with one attached hydrogen (secondary N) is 1. The second-order valence-electron chi connectivity index (χ2n) is 7.84. The van der Waals surface area contributed by atoms with E-state index in [4.69, 9.17) is 11.6 Å². The maximum absolute atomic E-state index is 12.6. The third kappa shape index (κ3) is 4.72. The Labute approximate surface area is 215 Å². The van der Waals surface area contributed by atoms with Gasteiger partial charge in [0.1, 0.15) is 0 Å². The van der Waals surface area contributed by atoms with E-state index in [0.29, 0.717) is 21.5 Å². The highest BCUT2D eigenvalue weighted by atomic mass is 79.9. The summed E-state index contributed by atoms with van der Waals surface area (Å²) in [5.74, 6) is 0.388. The van der Waals surface area contributed by atoms with E-state index in [0.717, 1.165) is 11.1 Å². The lowest BCUT2D eigenvalue weighted by Gasteiger charge is -2.14. The van der Waals surface area contributed by atoms with Crippen LogP contribution in [0.15, 0.2) is 69.4 Å². The second kappa shape index (κ2) is 9.69. The van der Waals surface area contributed by atoms with Crippen LogP contribution in [0.2, 0.25) is 5.02 Å². The molecule has 0 spiro atoms. The molecule has 3 aromatic carbocycles. The third-order valence-electron chi connectivity index (χ3n) is 5.56. The van der Waals surface area contributed by atoms with Gasteiger partial charge in [-0.05, 0) is 69.9 Å². The molecule has 1 saturated carbocycles. The number of anilines is 1. The van der Waals surface area contributed by atoms with Crippen LogP contribution in [0.1, 0.15) is 24.3 Å². The summed E-state index contributed by atoms with van der Waals surface area (Å²) < 4.78 is 24.6. The van der Waals surface area contributed by atoms with Gasteiger partial charge in [0.15, 0.2) is 15.9 Å². The number of halogens is 2. The van der Waals surface area contributed by atoms with Crippen molar-refractivity contribution in [1.82, 2.24) is 14.8 Å². The zero-order valence-corrected chi connectivity index (χ0v) is 21.6. The monoisotopic (exact) mass is 576 g/mol. The van der Waals surface area contributed by atoms with E-state index in [2.05, 4.69) is 55.7 Å². The van der Waals surface area contributed by atoms with Crippen LogP contribution in [0.25, 0.3) is 16.5 Å². The number of rotatable bonds is 7. The molecule has 0 bridgehead atoms. The molecule has 0 aliphatic heterocycles. The highest BCUT2D eigenvalue weighted by Crippen LogP contribution is 2.44. The topological polar surface area (TPSA) is 93.9 Å². The van der Waals surface area contributed by atoms with Crippen LogP contribution < -0.4 is 5.32 Å². The van der Waals surface area contributed by atoms with Crippen LogP contribution in [0.3, 0.4) is 0 Å². The minimum absolute atomic E-state index is 0.0666. The molecule has 1 N–H and O–H groups in total. The fourth-order valence-electron chi connectivity index (χ4n) is 3.84. The van der Waals surface area contributed by atoms with Gasteiger partial charge in [0.05, 0.1) is 27.0 Å². The molecule has 174 valence electrons. The summed E-state index contributed by atoms with van der Waals surface area (Å²) in [4.78, 5) is 12.7. The Morgan fingerprint density at radius 3 is 2.59 bits per heavy atom. The van der Waals surface area contributed by atoms with Crippen molar-refractivity contribution in [2.75, 3.05) is 11.1 Å². The number of thiol groups is 1. The molecule has 1 heterocycles. The van der Waals surface area contributed by atoms with Gasteiger partial charge in [0, 0.05) is 5.39 Å². The van der Waals surface area contributed by atoms with Gasteiger partial charge in [0.25, 0.3) is 0 Å². The molecular weight excluding hydrogens is 560 g/mol. The molecule has 1 aliphatic carbocycles. The SMILES string of the molecule is O=C(CSc1nnc(Br)n1-c1ccc(C2CC2)c2ccccc12)Nc1ccc([SH](=O)=O)cc1Cl. The Hall–Kier alpha value is -2.40. The zero-order chi connectivity index (χ0) is 23.8. The zero-order valence-electron chi connectivity index (χ0n) is 17.6. The quantitative estimate of drug-likeness (QED) is 0.225. The van der Waals surface area contributed by atoms with Crippen LogP contribution in [0.4, 0.5) is 5.69 Å². The first-order valence-electron chi connectivity index (χ1n) is 10.4. The Kier molecular flexibility index (Phi) is 6.65. The van der Waals surface area contributed by atoms with Crippen molar-refractivity contribution >= 4 is 72.4 Å². The second-order valence-corrected chi connectivity index (χ2v) is 10.9. The van der Waals surface area contributed by atoms with Gasteiger partial charge in [0.2, 0.25) is 10.6 Å². The van der Waals surface area contributed by atoms with Crippen molar-refractivity contribution in [3.05, 3.63) is 69.9 Å². The Bertz CT molecular complexity index is 1490. The Morgan fingerprint density at radius 1 is 1.12 bits per heavy atom. The van der Waals surface area contributed by atoms with Crippen LogP contribution in [-0.4, -0.2) is 34.8 Å². The molecule has 34 heavy (non-hydrogen) atoms. The summed E-state index contributed by atoms with van der Waals surface area (Å²) >= 11 is 10.9. The number of amides is 1. The molecule has 1 fully saturated rings. The molecule has 5 rings (SSSR count). The van der Waals surface area contributed by atoms with E-state index in [1.54, 1.807) is 0 Å². The summed E-state index contributed by atoms with van der Waals surface area (Å²) in [7, 11) is -2.74. The van der Waals surface area contributed by atoms with Crippen molar-refractivity contribution in [1.29, 1.82) is 0 Å². The van der Waals surface area contributed by atoms with Gasteiger partial charge in [-0.15, -0.1) is 10.2 Å². The van der Waals surface area contributed by atoms with E-state index in [1.807, 2.05) is 16.7 Å². The number of hydrogen-bond acceptors (Lipinski definition) is 6. The average Bonchev–Trinajstić information content (AvgIpc) is 3.61. The van der Waals surface area contributed by atoms with E-state index in [9.17, 15) is 13.2 Å². The van der Waals surface area contributed by atoms with Gasteiger partial charge < -0.3 is 5.32 Å². The van der Waals surface area contributed by atoms with Gasteiger partial charge in [-0.25, -0.2) is 8.42 Å². The number of fused-ring (bicyclic) bond motifs is 1. The van der Waals surface area contributed by atoms with Crippen molar-refractivity contribution in [2.45, 2.75) is 28.8 Å². The lowest BCUT2D eigenvalue weighted by atomic mass is 9.99. The minimum atomic E-state index is -2.74. The molecule has 0 atom stereocenters. The van der Waals surface area contributed by atoms with Crippen LogP contribution in [0, 0.1) is 0 Å². The molecule has 4 aromatic rings. The molecule has 0 radical (unpaired) electrons. The number of benzene rings is 3. The number of carbonyl (C=O) groups excluding carboxylic acids is 1. The third-order valence-corrected chi connectivity index (χ3v) is 8.01. The molecule has 0 saturated heterocycles. The largest absolute Gasteiger partial charge is 0.324 e. The molecule has 1 aliphatic rings. The maximum atomic E-state index is 12.6. The van der Waals surface area contributed by atoms with E-state index < -0.39 is 10.7 Å². The number of thioether (sulfide) groups is 1. The summed E-state index contributed by atoms with van der Waals surface area (Å²) in [6, 6.07) is 16.7. The molecular formula is C23H18BrClN4O3S2. The highest BCUT2D eigenvalue weighted by molar-refractivity contribution is 9.10. The molecule has 11 heteroatoms. The first-order valence-corrected chi connectivity index (χ1v) is 13.8. The predicted molar refractivity (Wildman–Crippen MR) is 138 cm³/mol. The summed E-state index contributed by atoms with van der Waals surface area (Å²) in [6.07, 6.45) is 2.44. The normalized spacial score (nSPS) is 13.5. The Morgan fingerprint density at radius 2 is 1.88 bits per heavy atom. The first kappa shape index (κ1) is 23.3. The van der Waals surface area contributed by atoms with Crippen molar-refractivity contribution in [3.8, 4) is 5.69 Å². The number of hydrogen-bond donors (Lipinski definition) is 2. The fourth-order valence-corrected chi connectivity index (χ4v) is 5.87. The lowest BCUT2D eigenvalue weighted by Crippen LogP contribution is -2.15. The van der Waals surface area contributed by atoms with Crippen molar-refractivity contribution in [3.63, 3.8) is 0 Å². The maximum Gasteiger partial charge on any atom is 0.234 e. The summed E-state index contributed by atoms with van der Waals surface area (Å²) in [5, 5.41) is 14.2. The van der Waals surface area contributed by atoms with Crippen LogP contribution in [0.5, 0.6) is 0 Å². The van der Waals surface area contributed by atoms with Crippen LogP contribution in [-0.2, 0) is 15.5 Å². The van der Waals surface area contributed by atoms with Gasteiger partial charge in [-0.3, -0.25) is 9.36 Å². The highest BCUT2D eigenvalue weighted by Gasteiger charge is 2.26. The lowest BCUT2D eigenvalue weighted by molar-refractivity contribution is -0.113. The fraction of sp³-hybridized carbons (Fsp3) is 0.174. The number of aromatic nitrogens is 3. The van der Waals surface area contributed by atoms with E-state index in [-0.39, 0.29) is 21.6 Å². The van der Waals surface area contributed by atoms with Crippen molar-refractivity contribution in [2.24, 2.45) is 0 Å². The molecule has 0 unspecified atom stereocenters. The minimum Gasteiger partial charge on any atom is -0.324 e. The number of nitrogens with zero attached hydrogens (tertiary/aromatic N) is 3. The standard InChI is InChI=1S/C23H18BrClN4O3S2/c24-22-27-28-23(33-12-21(30)26-19-9-7-14(34(31)32)11-18(19)25)29(22)20-10-8-15(13-5-6-13)16-3-1-2-4-17(16)20/h1-4,7-11,13,34H,5-6,12H2,(H,26,30). The van der Waals surface area contributed by atoms with Gasteiger partial charge >= 0.3 is 0 Å². The van der Waals surface area contributed by atoms with Crippen LogP contribution >= 0.6 is 39.3 Å². The Balaban J connectivity index is 1.38. The average molecular weight is 578 g/mol. The molecule has 1 aromatic heterocycles. The summed E-state index contributed by atoms with van der Waals surface area (Å²) in [6.45, 7) is 0. The number of carbonyl (C=O) groups is 1. The summed E-state index contributed by atoms with van der Waals surface area (Å²) in [5.41, 5.74) is 2.64. The first-order chi connectivity index (χ1) is 16.4. The molecule has 7 nitrogen and oxygen atoms in total. The molecule has 1 amide bonds.